The number of rotatable bonds is 6. The number of nitrogens with zero attached hydrogens (tertiary/aromatic N) is 2. The summed E-state index contributed by atoms with van der Waals surface area (Å²) in [6.45, 7) is 1.70. The standard InChI is InChI=1S/C26H21FN2O4/c1-2-33-26(32)22-24(30)23(20-12-14-21(27)15-13-20)28-29(25(22)31)16-17-8-10-19(11-9-17)18-6-4-3-5-7-18/h3-15,30H,2,16H2,1H3. The summed E-state index contributed by atoms with van der Waals surface area (Å²) < 4.78 is 19.5. The summed E-state index contributed by atoms with van der Waals surface area (Å²) in [5.74, 6) is -2.00. The van der Waals surface area contributed by atoms with Crippen molar-refractivity contribution in [1.29, 1.82) is 0 Å². The molecule has 3 aromatic carbocycles. The maximum absolute atomic E-state index is 13.4. The van der Waals surface area contributed by atoms with E-state index in [9.17, 15) is 19.1 Å². The Kier molecular flexibility index (Phi) is 6.31. The summed E-state index contributed by atoms with van der Waals surface area (Å²) in [5.41, 5.74) is 1.91. The van der Waals surface area contributed by atoms with Crippen LogP contribution in [0.5, 0.6) is 5.75 Å². The normalized spacial score (nSPS) is 10.7. The molecule has 33 heavy (non-hydrogen) atoms. The Morgan fingerprint density at radius 3 is 2.18 bits per heavy atom. The van der Waals surface area contributed by atoms with Gasteiger partial charge in [0.15, 0.2) is 11.3 Å². The molecular formula is C26H21FN2O4. The van der Waals surface area contributed by atoms with Crippen molar-refractivity contribution < 1.29 is 19.0 Å². The maximum Gasteiger partial charge on any atom is 0.347 e. The third-order valence-corrected chi connectivity index (χ3v) is 5.12. The second-order valence-corrected chi connectivity index (χ2v) is 7.33. The number of aromatic nitrogens is 2. The van der Waals surface area contributed by atoms with E-state index in [0.717, 1.165) is 21.4 Å². The number of carbonyl (C=O) groups excluding carboxylic acids is 1. The highest BCUT2D eigenvalue weighted by Crippen LogP contribution is 2.29. The highest BCUT2D eigenvalue weighted by atomic mass is 19.1. The number of aromatic hydroxyl groups is 1. The summed E-state index contributed by atoms with van der Waals surface area (Å²) in [4.78, 5) is 25.5. The van der Waals surface area contributed by atoms with Crippen LogP contribution in [0.25, 0.3) is 22.4 Å². The topological polar surface area (TPSA) is 81.4 Å². The van der Waals surface area contributed by atoms with Crippen LogP contribution in [0.2, 0.25) is 0 Å². The van der Waals surface area contributed by atoms with Crippen LogP contribution in [0.1, 0.15) is 22.8 Å². The summed E-state index contributed by atoms with van der Waals surface area (Å²) >= 11 is 0. The molecule has 6 nitrogen and oxygen atoms in total. The SMILES string of the molecule is CCOC(=O)c1c(O)c(-c2ccc(F)cc2)nn(Cc2ccc(-c3ccccc3)cc2)c1=O. The van der Waals surface area contributed by atoms with Crippen molar-refractivity contribution in [1.82, 2.24) is 9.78 Å². The summed E-state index contributed by atoms with van der Waals surface area (Å²) in [7, 11) is 0. The second kappa shape index (κ2) is 9.48. The molecule has 0 spiro atoms. The van der Waals surface area contributed by atoms with Gasteiger partial charge in [0.1, 0.15) is 11.5 Å². The lowest BCUT2D eigenvalue weighted by molar-refractivity contribution is 0.0519. The van der Waals surface area contributed by atoms with Gasteiger partial charge in [0.25, 0.3) is 5.56 Å². The van der Waals surface area contributed by atoms with Crippen molar-refractivity contribution in [2.45, 2.75) is 13.5 Å². The van der Waals surface area contributed by atoms with Gasteiger partial charge in [-0.1, -0.05) is 54.6 Å². The van der Waals surface area contributed by atoms with E-state index in [2.05, 4.69) is 5.10 Å². The Labute approximate surface area is 189 Å². The van der Waals surface area contributed by atoms with Crippen LogP contribution < -0.4 is 5.56 Å². The molecule has 0 aliphatic heterocycles. The number of ether oxygens (including phenoxy) is 1. The molecule has 0 saturated heterocycles. The van der Waals surface area contributed by atoms with E-state index in [4.69, 9.17) is 4.74 Å². The number of esters is 1. The zero-order chi connectivity index (χ0) is 23.4. The third kappa shape index (κ3) is 4.67. The predicted molar refractivity (Wildman–Crippen MR) is 122 cm³/mol. The molecule has 4 aromatic rings. The van der Waals surface area contributed by atoms with Gasteiger partial charge in [-0.3, -0.25) is 4.79 Å². The molecule has 0 radical (unpaired) electrons. The fourth-order valence-corrected chi connectivity index (χ4v) is 3.46. The lowest BCUT2D eigenvalue weighted by Crippen LogP contribution is -2.30. The van der Waals surface area contributed by atoms with Gasteiger partial charge in [0.05, 0.1) is 13.2 Å². The molecule has 7 heteroatoms. The van der Waals surface area contributed by atoms with Gasteiger partial charge in [-0.05, 0) is 47.9 Å². The zero-order valence-electron chi connectivity index (χ0n) is 17.9. The van der Waals surface area contributed by atoms with Crippen molar-refractivity contribution in [3.63, 3.8) is 0 Å². The van der Waals surface area contributed by atoms with Crippen molar-refractivity contribution in [2.75, 3.05) is 6.61 Å². The smallest absolute Gasteiger partial charge is 0.347 e. The van der Waals surface area contributed by atoms with E-state index >= 15 is 0 Å². The third-order valence-electron chi connectivity index (χ3n) is 5.12. The van der Waals surface area contributed by atoms with E-state index < -0.39 is 28.7 Å². The van der Waals surface area contributed by atoms with Crippen LogP contribution in [0.3, 0.4) is 0 Å². The number of carbonyl (C=O) groups is 1. The molecule has 0 amide bonds. The molecule has 1 aromatic heterocycles. The van der Waals surface area contributed by atoms with Crippen LogP contribution in [-0.4, -0.2) is 27.5 Å². The van der Waals surface area contributed by atoms with Gasteiger partial charge in [0, 0.05) is 5.56 Å². The molecule has 1 N–H and O–H groups in total. The highest BCUT2D eigenvalue weighted by Gasteiger charge is 2.25. The first-order valence-corrected chi connectivity index (χ1v) is 10.4. The number of benzene rings is 3. The van der Waals surface area contributed by atoms with Gasteiger partial charge in [-0.25, -0.2) is 13.9 Å². The molecule has 4 rings (SSSR count). The van der Waals surface area contributed by atoms with Gasteiger partial charge in [-0.2, -0.15) is 5.10 Å². The molecule has 0 fully saturated rings. The molecule has 0 saturated carbocycles. The molecule has 0 unspecified atom stereocenters. The Balaban J connectivity index is 1.76. The van der Waals surface area contributed by atoms with E-state index in [1.807, 2.05) is 54.6 Å². The van der Waals surface area contributed by atoms with Crippen LogP contribution in [-0.2, 0) is 11.3 Å². The molecule has 0 aliphatic carbocycles. The van der Waals surface area contributed by atoms with Gasteiger partial charge in [0.2, 0.25) is 0 Å². The number of halogens is 1. The Bertz CT molecular complexity index is 1330. The number of hydrogen-bond acceptors (Lipinski definition) is 5. The second-order valence-electron chi connectivity index (χ2n) is 7.33. The first-order chi connectivity index (χ1) is 16.0. The van der Waals surface area contributed by atoms with Crippen LogP contribution in [0.4, 0.5) is 4.39 Å². The van der Waals surface area contributed by atoms with Crippen molar-refractivity contribution in [3.8, 4) is 28.1 Å². The van der Waals surface area contributed by atoms with Crippen molar-refractivity contribution in [3.05, 3.63) is 106 Å². The first kappa shape index (κ1) is 22.0. The molecule has 1 heterocycles. The summed E-state index contributed by atoms with van der Waals surface area (Å²) in [6.07, 6.45) is 0. The first-order valence-electron chi connectivity index (χ1n) is 10.4. The van der Waals surface area contributed by atoms with Crippen molar-refractivity contribution in [2.24, 2.45) is 0 Å². The molecule has 0 atom stereocenters. The monoisotopic (exact) mass is 444 g/mol. The molecule has 166 valence electrons. The van der Waals surface area contributed by atoms with E-state index in [1.54, 1.807) is 6.92 Å². The average Bonchev–Trinajstić information content (AvgIpc) is 2.83. The fraction of sp³-hybridized carbons (Fsp3) is 0.115. The molecule has 0 bridgehead atoms. The minimum Gasteiger partial charge on any atom is -0.505 e. The predicted octanol–water partition coefficient (Wildman–Crippen LogP) is 4.65. The quantitative estimate of drug-likeness (QED) is 0.438. The van der Waals surface area contributed by atoms with E-state index in [1.165, 1.54) is 24.3 Å². The average molecular weight is 444 g/mol. The van der Waals surface area contributed by atoms with Gasteiger partial charge >= 0.3 is 5.97 Å². The molecule has 0 aliphatic rings. The summed E-state index contributed by atoms with van der Waals surface area (Å²) in [6, 6.07) is 22.7. The fourth-order valence-electron chi connectivity index (χ4n) is 3.46. The van der Waals surface area contributed by atoms with Gasteiger partial charge < -0.3 is 9.84 Å². The largest absolute Gasteiger partial charge is 0.505 e. The Morgan fingerprint density at radius 1 is 0.939 bits per heavy atom. The minimum atomic E-state index is -0.945. The van der Waals surface area contributed by atoms with Crippen LogP contribution in [0, 0.1) is 5.82 Å². The lowest BCUT2D eigenvalue weighted by Gasteiger charge is -2.13. The van der Waals surface area contributed by atoms with E-state index in [0.29, 0.717) is 5.56 Å². The van der Waals surface area contributed by atoms with Gasteiger partial charge in [-0.15, -0.1) is 0 Å². The summed E-state index contributed by atoms with van der Waals surface area (Å²) in [5, 5.41) is 14.9. The van der Waals surface area contributed by atoms with Crippen LogP contribution >= 0.6 is 0 Å². The van der Waals surface area contributed by atoms with E-state index in [-0.39, 0.29) is 18.8 Å². The zero-order valence-corrected chi connectivity index (χ0v) is 17.9. The lowest BCUT2D eigenvalue weighted by atomic mass is 10.0. The Morgan fingerprint density at radius 2 is 1.55 bits per heavy atom. The highest BCUT2D eigenvalue weighted by molar-refractivity contribution is 5.94. The minimum absolute atomic E-state index is 0.0152. The molecular weight excluding hydrogens is 423 g/mol. The Hall–Kier alpha value is -4.26. The number of hydrogen-bond donors (Lipinski definition) is 1. The van der Waals surface area contributed by atoms with Crippen molar-refractivity contribution >= 4 is 5.97 Å². The maximum atomic E-state index is 13.4. The van der Waals surface area contributed by atoms with Crippen LogP contribution in [0.15, 0.2) is 83.7 Å².